The second kappa shape index (κ2) is 6.49. The van der Waals surface area contributed by atoms with Gasteiger partial charge in [-0.15, -0.1) is 11.8 Å². The summed E-state index contributed by atoms with van der Waals surface area (Å²) in [6, 6.07) is 8.29. The van der Waals surface area contributed by atoms with E-state index in [1.54, 1.807) is 11.8 Å². The van der Waals surface area contributed by atoms with Gasteiger partial charge in [0, 0.05) is 21.7 Å². The lowest BCUT2D eigenvalue weighted by molar-refractivity contribution is 0.150. The first-order valence-electron chi connectivity index (χ1n) is 6.83. The minimum Gasteiger partial charge on any atom is -0.394 e. The van der Waals surface area contributed by atoms with E-state index in [1.807, 2.05) is 18.2 Å². The molecular formula is C15H22ClNOS. The van der Waals surface area contributed by atoms with E-state index in [4.69, 9.17) is 11.6 Å². The van der Waals surface area contributed by atoms with E-state index in [0.29, 0.717) is 12.0 Å². The van der Waals surface area contributed by atoms with Crippen molar-refractivity contribution in [3.8, 4) is 0 Å². The smallest absolute Gasteiger partial charge is 0.0624 e. The second-order valence-corrected chi connectivity index (χ2v) is 7.12. The molecule has 1 aromatic carbocycles. The fourth-order valence-electron chi connectivity index (χ4n) is 2.48. The van der Waals surface area contributed by atoms with Crippen LogP contribution in [-0.2, 0) is 0 Å². The molecule has 0 aromatic heterocycles. The summed E-state index contributed by atoms with van der Waals surface area (Å²) in [6.07, 6.45) is 2.44. The largest absolute Gasteiger partial charge is 0.394 e. The number of aliphatic hydroxyl groups is 1. The number of hydrogen-bond donors (Lipinski definition) is 2. The molecule has 106 valence electrons. The van der Waals surface area contributed by atoms with Gasteiger partial charge in [-0.05, 0) is 37.0 Å². The van der Waals surface area contributed by atoms with E-state index in [1.165, 1.54) is 12.8 Å². The van der Waals surface area contributed by atoms with Crippen molar-refractivity contribution in [1.82, 2.24) is 5.32 Å². The normalized spacial score (nSPS) is 18.6. The van der Waals surface area contributed by atoms with Gasteiger partial charge in [0.25, 0.3) is 0 Å². The monoisotopic (exact) mass is 299 g/mol. The van der Waals surface area contributed by atoms with E-state index in [-0.39, 0.29) is 12.1 Å². The van der Waals surface area contributed by atoms with Crippen molar-refractivity contribution in [1.29, 1.82) is 0 Å². The summed E-state index contributed by atoms with van der Waals surface area (Å²) in [5.41, 5.74) is -0.152. The first-order valence-corrected chi connectivity index (χ1v) is 8.19. The van der Waals surface area contributed by atoms with Crippen LogP contribution in [0.25, 0.3) is 0 Å². The zero-order valence-electron chi connectivity index (χ0n) is 11.5. The molecule has 0 amide bonds. The Bertz CT molecular complexity index is 422. The summed E-state index contributed by atoms with van der Waals surface area (Å²) in [5, 5.41) is 14.2. The van der Waals surface area contributed by atoms with Crippen molar-refractivity contribution in [3.63, 3.8) is 0 Å². The molecule has 0 heterocycles. The van der Waals surface area contributed by atoms with Crippen LogP contribution in [0.15, 0.2) is 29.2 Å². The third-order valence-electron chi connectivity index (χ3n) is 3.51. The molecule has 0 spiro atoms. The van der Waals surface area contributed by atoms with Crippen LogP contribution in [0.1, 0.15) is 26.7 Å². The molecule has 2 nitrogen and oxygen atoms in total. The van der Waals surface area contributed by atoms with Crippen LogP contribution in [0, 0.1) is 5.92 Å². The minimum absolute atomic E-state index is 0.152. The predicted molar refractivity (Wildman–Crippen MR) is 83.0 cm³/mol. The van der Waals surface area contributed by atoms with Gasteiger partial charge in [-0.2, -0.15) is 0 Å². The SMILES string of the molecule is CC(C)NC(CO)(CSc1cccc(Cl)c1)C1CC1. The molecule has 0 bridgehead atoms. The van der Waals surface area contributed by atoms with Crippen LogP contribution >= 0.6 is 23.4 Å². The maximum absolute atomic E-state index is 9.87. The maximum atomic E-state index is 9.87. The molecule has 1 aliphatic carbocycles. The van der Waals surface area contributed by atoms with E-state index in [0.717, 1.165) is 15.7 Å². The Labute approximate surface area is 124 Å². The zero-order valence-corrected chi connectivity index (χ0v) is 13.1. The van der Waals surface area contributed by atoms with Gasteiger partial charge < -0.3 is 10.4 Å². The number of hydrogen-bond acceptors (Lipinski definition) is 3. The second-order valence-electron chi connectivity index (χ2n) is 5.63. The van der Waals surface area contributed by atoms with Gasteiger partial charge >= 0.3 is 0 Å². The van der Waals surface area contributed by atoms with E-state index < -0.39 is 0 Å². The third-order valence-corrected chi connectivity index (χ3v) is 4.99. The molecule has 1 aliphatic rings. The average molecular weight is 300 g/mol. The van der Waals surface area contributed by atoms with Crippen molar-refractivity contribution in [2.75, 3.05) is 12.4 Å². The van der Waals surface area contributed by atoms with Crippen molar-refractivity contribution in [2.45, 2.75) is 43.2 Å². The molecule has 1 fully saturated rings. The van der Waals surface area contributed by atoms with Gasteiger partial charge in [0.1, 0.15) is 0 Å². The highest BCUT2D eigenvalue weighted by atomic mass is 35.5. The Morgan fingerprint density at radius 3 is 2.74 bits per heavy atom. The van der Waals surface area contributed by atoms with Gasteiger partial charge in [-0.25, -0.2) is 0 Å². The lowest BCUT2D eigenvalue weighted by Crippen LogP contribution is -2.55. The first-order chi connectivity index (χ1) is 9.05. The molecule has 0 saturated heterocycles. The number of nitrogens with one attached hydrogen (secondary N) is 1. The van der Waals surface area contributed by atoms with Crippen molar-refractivity contribution >= 4 is 23.4 Å². The molecule has 1 aromatic rings. The topological polar surface area (TPSA) is 32.3 Å². The third kappa shape index (κ3) is 4.12. The van der Waals surface area contributed by atoms with E-state index in [2.05, 4.69) is 25.2 Å². The number of halogens is 1. The standard InChI is InChI=1S/C15H22ClNOS/c1-11(2)17-15(9-18,12-6-7-12)10-19-14-5-3-4-13(16)8-14/h3-5,8,11-12,17-18H,6-7,9-10H2,1-2H3. The van der Waals surface area contributed by atoms with Gasteiger partial charge in [0.2, 0.25) is 0 Å². The lowest BCUT2D eigenvalue weighted by Gasteiger charge is -2.35. The molecule has 1 saturated carbocycles. The fraction of sp³-hybridized carbons (Fsp3) is 0.600. The van der Waals surface area contributed by atoms with Gasteiger partial charge in [-0.3, -0.25) is 0 Å². The molecule has 1 atom stereocenters. The Morgan fingerprint density at radius 1 is 1.47 bits per heavy atom. The molecule has 19 heavy (non-hydrogen) atoms. The number of thioether (sulfide) groups is 1. The number of rotatable bonds is 7. The number of benzene rings is 1. The van der Waals surface area contributed by atoms with Crippen LogP contribution in [0.4, 0.5) is 0 Å². The predicted octanol–water partition coefficient (Wildman–Crippen LogP) is 3.57. The quantitative estimate of drug-likeness (QED) is 0.755. The highest BCUT2D eigenvalue weighted by Crippen LogP contribution is 2.42. The van der Waals surface area contributed by atoms with Gasteiger partial charge in [0.05, 0.1) is 12.1 Å². The molecule has 4 heteroatoms. The van der Waals surface area contributed by atoms with Crippen LogP contribution in [0.2, 0.25) is 5.02 Å². The minimum atomic E-state index is -0.152. The van der Waals surface area contributed by atoms with Crippen molar-refractivity contribution in [2.24, 2.45) is 5.92 Å². The molecule has 1 unspecified atom stereocenters. The molecular weight excluding hydrogens is 278 g/mol. The Morgan fingerprint density at radius 2 is 2.21 bits per heavy atom. The molecule has 2 N–H and O–H groups in total. The molecule has 0 aliphatic heterocycles. The summed E-state index contributed by atoms with van der Waals surface area (Å²) in [6.45, 7) is 4.47. The van der Waals surface area contributed by atoms with Crippen molar-refractivity contribution in [3.05, 3.63) is 29.3 Å². The maximum Gasteiger partial charge on any atom is 0.0624 e. The summed E-state index contributed by atoms with van der Waals surface area (Å²) in [7, 11) is 0. The van der Waals surface area contributed by atoms with Gasteiger partial charge in [-0.1, -0.05) is 31.5 Å². The van der Waals surface area contributed by atoms with E-state index in [9.17, 15) is 5.11 Å². The summed E-state index contributed by atoms with van der Waals surface area (Å²) in [5.74, 6) is 1.48. The van der Waals surface area contributed by atoms with Crippen LogP contribution < -0.4 is 5.32 Å². The van der Waals surface area contributed by atoms with E-state index >= 15 is 0 Å². The first kappa shape index (κ1) is 15.2. The highest BCUT2D eigenvalue weighted by Gasteiger charge is 2.44. The average Bonchev–Trinajstić information content (AvgIpc) is 3.19. The summed E-state index contributed by atoms with van der Waals surface area (Å²) < 4.78 is 0. The molecule has 0 radical (unpaired) electrons. The highest BCUT2D eigenvalue weighted by molar-refractivity contribution is 7.99. The summed E-state index contributed by atoms with van der Waals surface area (Å²) in [4.78, 5) is 1.16. The summed E-state index contributed by atoms with van der Waals surface area (Å²) >= 11 is 7.78. The number of aliphatic hydroxyl groups excluding tert-OH is 1. The van der Waals surface area contributed by atoms with Crippen molar-refractivity contribution < 1.29 is 5.11 Å². The zero-order chi connectivity index (χ0) is 13.9. The Balaban J connectivity index is 2.03. The van der Waals surface area contributed by atoms with Crippen LogP contribution in [0.5, 0.6) is 0 Å². The fourth-order valence-corrected chi connectivity index (χ4v) is 3.95. The van der Waals surface area contributed by atoms with Crippen LogP contribution in [-0.4, -0.2) is 29.0 Å². The van der Waals surface area contributed by atoms with Gasteiger partial charge in [0.15, 0.2) is 0 Å². The Hall–Kier alpha value is -0.220. The van der Waals surface area contributed by atoms with Crippen LogP contribution in [0.3, 0.4) is 0 Å². The lowest BCUT2D eigenvalue weighted by atomic mass is 9.95. The Kier molecular flexibility index (Phi) is 5.18. The molecule has 2 rings (SSSR count).